The van der Waals surface area contributed by atoms with Crippen molar-refractivity contribution in [3.63, 3.8) is 0 Å². The molecular weight excluding hydrogens is 306 g/mol. The Morgan fingerprint density at radius 1 is 1.41 bits per heavy atom. The summed E-state index contributed by atoms with van der Waals surface area (Å²) >= 11 is 0. The molecule has 0 saturated carbocycles. The third-order valence-corrected chi connectivity index (χ3v) is 5.05. The first-order valence-corrected chi connectivity index (χ1v) is 8.98. The summed E-state index contributed by atoms with van der Waals surface area (Å²) in [5.41, 5.74) is 0.948. The van der Waals surface area contributed by atoms with E-state index in [-0.39, 0.29) is 18.4 Å². The van der Waals surface area contributed by atoms with Crippen LogP contribution in [-0.2, 0) is 21.4 Å². The van der Waals surface area contributed by atoms with Gasteiger partial charge in [-0.1, -0.05) is 0 Å². The maximum Gasteiger partial charge on any atom is 0.227 e. The highest BCUT2D eigenvalue weighted by Crippen LogP contribution is 2.16. The number of hydrogen-bond acceptors (Lipinski definition) is 5. The minimum absolute atomic E-state index is 0.0508. The first-order valence-electron chi connectivity index (χ1n) is 7.13. The van der Waals surface area contributed by atoms with Gasteiger partial charge in [-0.25, -0.2) is 17.7 Å². The summed E-state index contributed by atoms with van der Waals surface area (Å²) in [6.07, 6.45) is 4.54. The second-order valence-corrected chi connectivity index (χ2v) is 7.84. The number of hydrogen-bond donors (Lipinski definition) is 1. The van der Waals surface area contributed by atoms with Crippen molar-refractivity contribution in [1.29, 1.82) is 0 Å². The Kier molecular flexibility index (Phi) is 5.20. The van der Waals surface area contributed by atoms with Gasteiger partial charge in [0.15, 0.2) is 0 Å². The van der Waals surface area contributed by atoms with Crippen molar-refractivity contribution in [3.05, 3.63) is 18.2 Å². The van der Waals surface area contributed by atoms with Crippen molar-refractivity contribution in [2.24, 2.45) is 5.92 Å². The number of carbonyl (C=O) groups is 1. The van der Waals surface area contributed by atoms with Gasteiger partial charge < -0.3 is 9.88 Å². The molecule has 22 heavy (non-hydrogen) atoms. The molecule has 0 aliphatic carbocycles. The minimum atomic E-state index is -3.31. The molecule has 2 rings (SSSR count). The predicted octanol–water partition coefficient (Wildman–Crippen LogP) is -0.809. The van der Waals surface area contributed by atoms with Crippen LogP contribution in [0.2, 0.25) is 0 Å². The first kappa shape index (κ1) is 16.9. The van der Waals surface area contributed by atoms with Gasteiger partial charge in [0.2, 0.25) is 15.9 Å². The zero-order chi connectivity index (χ0) is 16.3. The molecule has 1 N–H and O–H groups in total. The fourth-order valence-corrected chi connectivity index (χ4v) is 3.49. The third-order valence-electron chi connectivity index (χ3n) is 3.78. The molecular formula is C13H23N5O3S. The van der Waals surface area contributed by atoms with Crippen LogP contribution in [0.3, 0.4) is 0 Å². The molecule has 0 spiro atoms. The molecule has 8 nitrogen and oxygen atoms in total. The third kappa shape index (κ3) is 4.28. The molecule has 1 atom stereocenters. The fourth-order valence-electron chi connectivity index (χ4n) is 2.63. The zero-order valence-corrected chi connectivity index (χ0v) is 14.0. The zero-order valence-electron chi connectivity index (χ0n) is 13.2. The lowest BCUT2D eigenvalue weighted by Gasteiger charge is -2.25. The summed E-state index contributed by atoms with van der Waals surface area (Å²) in [4.78, 5) is 23.0. The predicted molar refractivity (Wildman–Crippen MR) is 82.5 cm³/mol. The number of carbonyl (C=O) groups excluding carboxylic acids is 1. The number of nitrogens with one attached hydrogen (secondary N) is 1. The van der Waals surface area contributed by atoms with Crippen LogP contribution in [0.25, 0.3) is 0 Å². The van der Waals surface area contributed by atoms with Crippen LogP contribution < -0.4 is 0 Å². The number of aromatic nitrogens is 2. The monoisotopic (exact) mass is 329 g/mol. The molecule has 1 aliphatic rings. The lowest BCUT2D eigenvalue weighted by Crippen LogP contribution is -2.41. The van der Waals surface area contributed by atoms with Crippen LogP contribution in [0.4, 0.5) is 0 Å². The maximum absolute atomic E-state index is 12.3. The van der Waals surface area contributed by atoms with Crippen molar-refractivity contribution >= 4 is 15.9 Å². The van der Waals surface area contributed by atoms with Crippen molar-refractivity contribution in [2.75, 3.05) is 46.5 Å². The average molecular weight is 329 g/mol. The van der Waals surface area contributed by atoms with E-state index in [1.54, 1.807) is 26.6 Å². The molecule has 1 aliphatic heterocycles. The van der Waals surface area contributed by atoms with E-state index in [1.807, 2.05) is 0 Å². The van der Waals surface area contributed by atoms with Crippen molar-refractivity contribution in [1.82, 2.24) is 24.1 Å². The number of sulfonamides is 1. The Morgan fingerprint density at radius 2 is 2.14 bits per heavy atom. The molecule has 1 unspecified atom stereocenters. The van der Waals surface area contributed by atoms with Gasteiger partial charge >= 0.3 is 0 Å². The van der Waals surface area contributed by atoms with Crippen LogP contribution in [0.15, 0.2) is 12.5 Å². The smallest absolute Gasteiger partial charge is 0.227 e. The highest BCUT2D eigenvalue weighted by atomic mass is 32.2. The van der Waals surface area contributed by atoms with Gasteiger partial charge in [-0.3, -0.25) is 9.69 Å². The van der Waals surface area contributed by atoms with Gasteiger partial charge in [0.05, 0.1) is 18.5 Å². The number of rotatable bonds is 4. The highest BCUT2D eigenvalue weighted by Gasteiger charge is 2.32. The summed E-state index contributed by atoms with van der Waals surface area (Å²) < 4.78 is 25.1. The van der Waals surface area contributed by atoms with E-state index in [1.165, 1.54) is 15.5 Å². The quantitative estimate of drug-likeness (QED) is 0.780. The first-order chi connectivity index (χ1) is 10.3. The second kappa shape index (κ2) is 6.76. The van der Waals surface area contributed by atoms with E-state index in [4.69, 9.17) is 0 Å². The van der Waals surface area contributed by atoms with E-state index in [2.05, 4.69) is 14.9 Å². The van der Waals surface area contributed by atoms with Gasteiger partial charge in [-0.05, 0) is 0 Å². The van der Waals surface area contributed by atoms with Crippen LogP contribution in [0, 0.1) is 5.92 Å². The van der Waals surface area contributed by atoms with Crippen molar-refractivity contribution in [2.45, 2.75) is 6.54 Å². The summed E-state index contributed by atoms with van der Waals surface area (Å²) in [5.74, 6) is -0.416. The van der Waals surface area contributed by atoms with E-state index in [9.17, 15) is 13.2 Å². The standard InChI is InChI=1S/C13H23N5O3S/c1-16(2)13(19)11-7-17(9-12-6-14-10-15-12)4-5-18(8-11)22(3,20)21/h6,10-11H,4-5,7-9H2,1-3H3,(H,14,15). The fraction of sp³-hybridized carbons (Fsp3) is 0.692. The van der Waals surface area contributed by atoms with Crippen LogP contribution in [-0.4, -0.2) is 84.9 Å². The number of H-pyrrole nitrogens is 1. The Bertz CT molecular complexity index is 599. The summed E-state index contributed by atoms with van der Waals surface area (Å²) in [7, 11) is 0.0724. The number of nitrogens with zero attached hydrogens (tertiary/aromatic N) is 4. The molecule has 9 heteroatoms. The Morgan fingerprint density at radius 3 is 2.68 bits per heavy atom. The van der Waals surface area contributed by atoms with E-state index < -0.39 is 10.0 Å². The molecule has 0 bridgehead atoms. The van der Waals surface area contributed by atoms with Gasteiger partial charge in [0, 0.05) is 58.7 Å². The molecule has 0 aromatic carbocycles. The van der Waals surface area contributed by atoms with E-state index in [0.717, 1.165) is 5.69 Å². The topological polar surface area (TPSA) is 89.6 Å². The van der Waals surface area contributed by atoms with Gasteiger partial charge in [-0.2, -0.15) is 0 Å². The van der Waals surface area contributed by atoms with Crippen molar-refractivity contribution in [3.8, 4) is 0 Å². The molecule has 1 amide bonds. The molecule has 124 valence electrons. The van der Waals surface area contributed by atoms with Gasteiger partial charge in [0.1, 0.15) is 0 Å². The lowest BCUT2D eigenvalue weighted by atomic mass is 10.1. The van der Waals surface area contributed by atoms with Crippen LogP contribution >= 0.6 is 0 Å². The number of amides is 1. The maximum atomic E-state index is 12.3. The summed E-state index contributed by atoms with van der Waals surface area (Å²) in [6, 6.07) is 0. The number of imidazole rings is 1. The molecule has 1 aromatic rings. The highest BCUT2D eigenvalue weighted by molar-refractivity contribution is 7.88. The normalized spacial score (nSPS) is 21.5. The summed E-state index contributed by atoms with van der Waals surface area (Å²) in [6.45, 7) is 2.36. The molecule has 1 fully saturated rings. The second-order valence-electron chi connectivity index (χ2n) is 5.86. The summed E-state index contributed by atoms with van der Waals surface area (Å²) in [5, 5.41) is 0. The van der Waals surface area contributed by atoms with Crippen LogP contribution in [0.5, 0.6) is 0 Å². The minimum Gasteiger partial charge on any atom is -0.348 e. The van der Waals surface area contributed by atoms with Crippen LogP contribution in [0.1, 0.15) is 5.69 Å². The van der Waals surface area contributed by atoms with Gasteiger partial charge in [-0.15, -0.1) is 0 Å². The Hall–Kier alpha value is -1.45. The average Bonchev–Trinajstić information content (AvgIpc) is 2.82. The molecule has 0 radical (unpaired) electrons. The Balaban J connectivity index is 2.16. The largest absolute Gasteiger partial charge is 0.348 e. The Labute approximate surface area is 131 Å². The van der Waals surface area contributed by atoms with E-state index in [0.29, 0.717) is 26.2 Å². The van der Waals surface area contributed by atoms with Crippen molar-refractivity contribution < 1.29 is 13.2 Å². The number of aromatic amines is 1. The van der Waals surface area contributed by atoms with Gasteiger partial charge in [0.25, 0.3) is 0 Å². The molecule has 1 saturated heterocycles. The SMILES string of the molecule is CN(C)C(=O)C1CN(Cc2cnc[nH]2)CCN(S(C)(=O)=O)C1. The lowest BCUT2D eigenvalue weighted by molar-refractivity contribution is -0.133. The molecule has 2 heterocycles. The molecule has 1 aromatic heterocycles. The van der Waals surface area contributed by atoms with E-state index >= 15 is 0 Å².